The van der Waals surface area contributed by atoms with Crippen LogP contribution in [0.3, 0.4) is 0 Å². The molecular formula is C27H32O5. The number of ketones is 1. The fraction of sp³-hybridized carbons (Fsp3) is 0.296. The first kappa shape index (κ1) is 24.8. The van der Waals surface area contributed by atoms with E-state index in [-0.39, 0.29) is 5.78 Å². The van der Waals surface area contributed by atoms with Crippen LogP contribution < -0.4 is 18.9 Å². The van der Waals surface area contributed by atoms with Gasteiger partial charge in [-0.25, -0.2) is 0 Å². The van der Waals surface area contributed by atoms with Crippen molar-refractivity contribution in [2.45, 2.75) is 27.7 Å². The molecule has 32 heavy (non-hydrogen) atoms. The lowest BCUT2D eigenvalue weighted by molar-refractivity contribution is 0.104. The lowest BCUT2D eigenvalue weighted by Crippen LogP contribution is -2.00. The van der Waals surface area contributed by atoms with Gasteiger partial charge in [-0.1, -0.05) is 23.3 Å². The van der Waals surface area contributed by atoms with E-state index < -0.39 is 0 Å². The first-order chi connectivity index (χ1) is 15.3. The molecule has 0 heterocycles. The molecule has 2 aromatic carbocycles. The van der Waals surface area contributed by atoms with Gasteiger partial charge in [-0.2, -0.15) is 0 Å². The van der Waals surface area contributed by atoms with E-state index in [0.717, 1.165) is 5.56 Å². The van der Waals surface area contributed by atoms with E-state index in [9.17, 15) is 4.79 Å². The van der Waals surface area contributed by atoms with Gasteiger partial charge in [-0.3, -0.25) is 4.79 Å². The van der Waals surface area contributed by atoms with Gasteiger partial charge in [0.05, 0.1) is 14.2 Å². The number of methoxy groups -OCH3 is 2. The van der Waals surface area contributed by atoms with Gasteiger partial charge in [0, 0.05) is 5.56 Å². The molecular weight excluding hydrogens is 404 g/mol. The van der Waals surface area contributed by atoms with E-state index in [1.54, 1.807) is 38.5 Å². The van der Waals surface area contributed by atoms with Crippen molar-refractivity contribution < 1.29 is 23.7 Å². The molecule has 5 nitrogen and oxygen atoms in total. The summed E-state index contributed by atoms with van der Waals surface area (Å²) in [5, 5.41) is 0. The maximum Gasteiger partial charge on any atom is 0.185 e. The Labute approximate surface area is 191 Å². The number of rotatable bonds is 11. The molecule has 0 aliphatic rings. The minimum atomic E-state index is -0.137. The lowest BCUT2D eigenvalue weighted by Gasteiger charge is -2.11. The maximum absolute atomic E-state index is 12.7. The topological polar surface area (TPSA) is 54.0 Å². The van der Waals surface area contributed by atoms with E-state index in [2.05, 4.69) is 0 Å². The highest BCUT2D eigenvalue weighted by Gasteiger charge is 2.10. The number of carbonyl (C=O) groups is 1. The smallest absolute Gasteiger partial charge is 0.185 e. The molecule has 0 saturated heterocycles. The molecule has 0 saturated carbocycles. The Balaban J connectivity index is 2.11. The summed E-state index contributed by atoms with van der Waals surface area (Å²) in [6.07, 6.45) is 7.25. The summed E-state index contributed by atoms with van der Waals surface area (Å²) in [6.45, 7) is 8.98. The van der Waals surface area contributed by atoms with E-state index in [1.165, 1.54) is 17.2 Å². The van der Waals surface area contributed by atoms with Gasteiger partial charge >= 0.3 is 0 Å². The van der Waals surface area contributed by atoms with Crippen LogP contribution in [0.15, 0.2) is 65.8 Å². The Kier molecular flexibility index (Phi) is 9.61. The average molecular weight is 437 g/mol. The first-order valence-electron chi connectivity index (χ1n) is 10.4. The summed E-state index contributed by atoms with van der Waals surface area (Å²) in [5.41, 5.74) is 3.70. The lowest BCUT2D eigenvalue weighted by atomic mass is 10.1. The largest absolute Gasteiger partial charge is 0.493 e. The molecule has 0 radical (unpaired) electrons. The maximum atomic E-state index is 12.7. The van der Waals surface area contributed by atoms with E-state index in [4.69, 9.17) is 18.9 Å². The molecule has 0 N–H and O–H groups in total. The van der Waals surface area contributed by atoms with E-state index in [1.807, 2.05) is 58.0 Å². The van der Waals surface area contributed by atoms with Crippen molar-refractivity contribution >= 4 is 11.9 Å². The van der Waals surface area contributed by atoms with Crippen LogP contribution in [0.25, 0.3) is 6.08 Å². The van der Waals surface area contributed by atoms with E-state index in [0.29, 0.717) is 41.8 Å². The molecule has 0 aromatic heterocycles. The van der Waals surface area contributed by atoms with Crippen LogP contribution in [0.4, 0.5) is 0 Å². The van der Waals surface area contributed by atoms with Crippen molar-refractivity contribution in [2.75, 3.05) is 27.4 Å². The Morgan fingerprint density at radius 3 is 1.81 bits per heavy atom. The molecule has 0 aliphatic carbocycles. The van der Waals surface area contributed by atoms with Crippen LogP contribution >= 0.6 is 0 Å². The van der Waals surface area contributed by atoms with Gasteiger partial charge in [0.15, 0.2) is 28.8 Å². The summed E-state index contributed by atoms with van der Waals surface area (Å²) >= 11 is 0. The third-order valence-electron chi connectivity index (χ3n) is 4.52. The second kappa shape index (κ2) is 12.4. The Hall–Kier alpha value is -3.47. The standard InChI is InChI=1S/C27H32O5/c1-19(2)13-15-31-24-11-8-21(17-26(24)29-5)7-10-23(28)22-9-12-25(27(18-22)30-6)32-16-14-20(3)4/h7-14,17-18H,15-16H2,1-6H3/b10-7+. The fourth-order valence-corrected chi connectivity index (χ4v) is 2.71. The Morgan fingerprint density at radius 1 is 0.750 bits per heavy atom. The number of allylic oxidation sites excluding steroid dienone is 3. The minimum Gasteiger partial charge on any atom is -0.493 e. The molecule has 0 fully saturated rings. The number of carbonyl (C=O) groups excluding carboxylic acids is 1. The molecule has 0 aliphatic heterocycles. The van der Waals surface area contributed by atoms with Crippen LogP contribution in [0.2, 0.25) is 0 Å². The zero-order chi connectivity index (χ0) is 23.5. The quantitative estimate of drug-likeness (QED) is 0.235. The molecule has 0 bridgehead atoms. The van der Waals surface area contributed by atoms with Gasteiger partial charge in [0.25, 0.3) is 0 Å². The highest BCUT2D eigenvalue weighted by atomic mass is 16.5. The van der Waals surface area contributed by atoms with Crippen molar-refractivity contribution in [2.24, 2.45) is 0 Å². The first-order valence-corrected chi connectivity index (χ1v) is 10.4. The van der Waals surface area contributed by atoms with Crippen molar-refractivity contribution in [1.29, 1.82) is 0 Å². The second-order valence-electron chi connectivity index (χ2n) is 7.66. The third-order valence-corrected chi connectivity index (χ3v) is 4.52. The number of hydrogen-bond acceptors (Lipinski definition) is 5. The highest BCUT2D eigenvalue weighted by Crippen LogP contribution is 2.30. The van der Waals surface area contributed by atoms with Crippen molar-refractivity contribution in [3.8, 4) is 23.0 Å². The molecule has 2 aromatic rings. The highest BCUT2D eigenvalue weighted by molar-refractivity contribution is 6.07. The summed E-state index contributed by atoms with van der Waals surface area (Å²) in [5.74, 6) is 2.25. The number of hydrogen-bond donors (Lipinski definition) is 0. The molecule has 0 spiro atoms. The van der Waals surface area contributed by atoms with Crippen molar-refractivity contribution in [3.05, 3.63) is 76.9 Å². The molecule has 170 valence electrons. The van der Waals surface area contributed by atoms with Crippen LogP contribution in [0, 0.1) is 0 Å². The van der Waals surface area contributed by atoms with Crippen molar-refractivity contribution in [3.63, 3.8) is 0 Å². The summed E-state index contributed by atoms with van der Waals surface area (Å²) < 4.78 is 22.3. The molecule has 0 amide bonds. The van der Waals surface area contributed by atoms with Gasteiger partial charge in [0.2, 0.25) is 0 Å². The monoisotopic (exact) mass is 436 g/mol. The van der Waals surface area contributed by atoms with Crippen LogP contribution in [-0.4, -0.2) is 33.2 Å². The third kappa shape index (κ3) is 7.65. The zero-order valence-electron chi connectivity index (χ0n) is 19.7. The van der Waals surface area contributed by atoms with Crippen LogP contribution in [0.5, 0.6) is 23.0 Å². The van der Waals surface area contributed by atoms with E-state index >= 15 is 0 Å². The Bertz CT molecular complexity index is 1010. The van der Waals surface area contributed by atoms with Gasteiger partial charge in [-0.15, -0.1) is 0 Å². The van der Waals surface area contributed by atoms with Crippen LogP contribution in [-0.2, 0) is 0 Å². The van der Waals surface area contributed by atoms with Crippen LogP contribution in [0.1, 0.15) is 43.6 Å². The fourth-order valence-electron chi connectivity index (χ4n) is 2.71. The molecule has 2 rings (SSSR count). The Morgan fingerprint density at radius 2 is 1.28 bits per heavy atom. The van der Waals surface area contributed by atoms with Gasteiger partial charge in [0.1, 0.15) is 13.2 Å². The summed E-state index contributed by atoms with van der Waals surface area (Å²) in [6, 6.07) is 10.7. The number of ether oxygens (including phenoxy) is 4. The normalized spacial score (nSPS) is 10.4. The molecule has 0 unspecified atom stereocenters. The minimum absolute atomic E-state index is 0.137. The second-order valence-corrected chi connectivity index (χ2v) is 7.66. The predicted octanol–water partition coefficient (Wildman–Crippen LogP) is 6.29. The summed E-state index contributed by atoms with van der Waals surface area (Å²) in [7, 11) is 3.15. The molecule has 0 atom stereocenters. The zero-order valence-corrected chi connectivity index (χ0v) is 19.7. The SMILES string of the molecule is COc1cc(/C=C/C(=O)c2ccc(OCC=C(C)C)c(OC)c2)ccc1OCC=C(C)C. The van der Waals surface area contributed by atoms with Gasteiger partial charge < -0.3 is 18.9 Å². The average Bonchev–Trinajstić information content (AvgIpc) is 2.77. The predicted molar refractivity (Wildman–Crippen MR) is 129 cm³/mol. The van der Waals surface area contributed by atoms with Crippen molar-refractivity contribution in [1.82, 2.24) is 0 Å². The summed E-state index contributed by atoms with van der Waals surface area (Å²) in [4.78, 5) is 12.7. The molecule has 5 heteroatoms. The number of benzene rings is 2. The van der Waals surface area contributed by atoms with Gasteiger partial charge in [-0.05, 0) is 81.8 Å².